The molecule has 0 atom stereocenters. The standard InChI is InChI=1S/C12H14N6O3/c1-2-3-14-10-4-9(18(20)21)5-11(16-10)17-7-8(6-15-17)12(13)19/h4-7H,2-3H2,1H3,(H2,13,19)(H,14,16). The topological polar surface area (TPSA) is 129 Å². The predicted molar refractivity (Wildman–Crippen MR) is 75.3 cm³/mol. The zero-order valence-corrected chi connectivity index (χ0v) is 11.3. The van der Waals surface area contributed by atoms with Crippen molar-refractivity contribution in [2.24, 2.45) is 5.73 Å². The molecule has 0 aromatic carbocycles. The Hall–Kier alpha value is -2.97. The Morgan fingerprint density at radius 3 is 2.86 bits per heavy atom. The second-order valence-electron chi connectivity index (χ2n) is 4.29. The quantitative estimate of drug-likeness (QED) is 0.605. The van der Waals surface area contributed by atoms with Crippen LogP contribution in [0.3, 0.4) is 0 Å². The van der Waals surface area contributed by atoms with Gasteiger partial charge in [0.25, 0.3) is 11.6 Å². The van der Waals surface area contributed by atoms with E-state index in [1.54, 1.807) is 0 Å². The number of nitro groups is 1. The zero-order valence-electron chi connectivity index (χ0n) is 11.3. The highest BCUT2D eigenvalue weighted by Gasteiger charge is 2.14. The summed E-state index contributed by atoms with van der Waals surface area (Å²) in [6, 6.07) is 2.62. The minimum Gasteiger partial charge on any atom is -0.370 e. The van der Waals surface area contributed by atoms with Crippen LogP contribution in [0.4, 0.5) is 11.5 Å². The van der Waals surface area contributed by atoms with Crippen LogP contribution in [0.5, 0.6) is 0 Å². The molecule has 21 heavy (non-hydrogen) atoms. The number of hydrogen-bond donors (Lipinski definition) is 2. The van der Waals surface area contributed by atoms with Crippen LogP contribution >= 0.6 is 0 Å². The molecule has 3 N–H and O–H groups in total. The van der Waals surface area contributed by atoms with E-state index in [0.29, 0.717) is 12.4 Å². The second-order valence-corrected chi connectivity index (χ2v) is 4.29. The number of carbonyl (C=O) groups is 1. The van der Waals surface area contributed by atoms with Gasteiger partial charge in [-0.3, -0.25) is 14.9 Å². The maximum atomic E-state index is 11.1. The molecule has 0 aliphatic heterocycles. The van der Waals surface area contributed by atoms with E-state index in [0.717, 1.165) is 6.42 Å². The molecule has 0 radical (unpaired) electrons. The van der Waals surface area contributed by atoms with Gasteiger partial charge in [0.05, 0.1) is 28.8 Å². The third-order valence-corrected chi connectivity index (χ3v) is 2.67. The number of aromatic nitrogens is 3. The number of carbonyl (C=O) groups excluding carboxylic acids is 1. The number of nitrogens with two attached hydrogens (primary N) is 1. The van der Waals surface area contributed by atoms with Gasteiger partial charge in [-0.2, -0.15) is 5.10 Å². The van der Waals surface area contributed by atoms with Crippen molar-refractivity contribution in [1.29, 1.82) is 0 Å². The molecule has 0 aliphatic rings. The summed E-state index contributed by atoms with van der Waals surface area (Å²) in [4.78, 5) is 25.7. The first-order chi connectivity index (χ1) is 10.0. The number of primary amides is 1. The number of pyridine rings is 1. The SMILES string of the molecule is CCCNc1cc([N+](=O)[O-])cc(-n2cc(C(N)=O)cn2)n1. The van der Waals surface area contributed by atoms with E-state index in [1.807, 2.05) is 6.92 Å². The van der Waals surface area contributed by atoms with Gasteiger partial charge in [-0.25, -0.2) is 9.67 Å². The highest BCUT2D eigenvalue weighted by atomic mass is 16.6. The predicted octanol–water partition coefficient (Wildman–Crippen LogP) is 1.10. The summed E-state index contributed by atoms with van der Waals surface area (Å²) >= 11 is 0. The summed E-state index contributed by atoms with van der Waals surface area (Å²) in [7, 11) is 0. The van der Waals surface area contributed by atoms with E-state index in [1.165, 1.54) is 29.2 Å². The Labute approximate surface area is 119 Å². The van der Waals surface area contributed by atoms with Gasteiger partial charge in [0.15, 0.2) is 5.82 Å². The first kappa shape index (κ1) is 14.4. The van der Waals surface area contributed by atoms with Crippen LogP contribution in [0.2, 0.25) is 0 Å². The highest BCUT2D eigenvalue weighted by Crippen LogP contribution is 2.20. The largest absolute Gasteiger partial charge is 0.370 e. The minimum absolute atomic E-state index is 0.116. The van der Waals surface area contributed by atoms with Gasteiger partial charge >= 0.3 is 0 Å². The number of rotatable bonds is 6. The molecule has 0 fully saturated rings. The number of amides is 1. The van der Waals surface area contributed by atoms with E-state index in [4.69, 9.17) is 5.73 Å². The molecule has 0 aliphatic carbocycles. The van der Waals surface area contributed by atoms with Gasteiger partial charge in [0, 0.05) is 12.7 Å². The number of nitrogens with zero attached hydrogens (tertiary/aromatic N) is 4. The van der Waals surface area contributed by atoms with Crippen molar-refractivity contribution in [2.75, 3.05) is 11.9 Å². The maximum absolute atomic E-state index is 11.1. The smallest absolute Gasteiger partial charge is 0.276 e. The van der Waals surface area contributed by atoms with Crippen LogP contribution in [0.1, 0.15) is 23.7 Å². The molecule has 110 valence electrons. The molecule has 2 rings (SSSR count). The number of hydrogen-bond acceptors (Lipinski definition) is 6. The van der Waals surface area contributed by atoms with Gasteiger partial charge in [-0.15, -0.1) is 0 Å². The lowest BCUT2D eigenvalue weighted by Gasteiger charge is -2.06. The summed E-state index contributed by atoms with van der Waals surface area (Å²) < 4.78 is 1.27. The molecule has 2 heterocycles. The van der Waals surface area contributed by atoms with Crippen molar-refractivity contribution in [3.05, 3.63) is 40.2 Å². The van der Waals surface area contributed by atoms with Crippen LogP contribution in [-0.4, -0.2) is 32.1 Å². The summed E-state index contributed by atoms with van der Waals surface area (Å²) in [5, 5.41) is 17.9. The summed E-state index contributed by atoms with van der Waals surface area (Å²) in [6.07, 6.45) is 3.51. The maximum Gasteiger partial charge on any atom is 0.276 e. The molecule has 0 unspecified atom stereocenters. The van der Waals surface area contributed by atoms with E-state index >= 15 is 0 Å². The fourth-order valence-electron chi connectivity index (χ4n) is 1.64. The molecule has 1 amide bonds. The Kier molecular flexibility index (Phi) is 4.12. The summed E-state index contributed by atoms with van der Waals surface area (Å²) in [5.74, 6) is -0.0245. The lowest BCUT2D eigenvalue weighted by atomic mass is 10.3. The fraction of sp³-hybridized carbons (Fsp3) is 0.250. The van der Waals surface area contributed by atoms with Gasteiger partial charge in [0.2, 0.25) is 0 Å². The third-order valence-electron chi connectivity index (χ3n) is 2.67. The van der Waals surface area contributed by atoms with Crippen LogP contribution < -0.4 is 11.1 Å². The average molecular weight is 290 g/mol. The molecule has 0 saturated heterocycles. The van der Waals surface area contributed by atoms with Gasteiger partial charge in [-0.1, -0.05) is 6.92 Å². The van der Waals surface area contributed by atoms with E-state index in [2.05, 4.69) is 15.4 Å². The molecule has 9 nitrogen and oxygen atoms in total. The van der Waals surface area contributed by atoms with Crippen molar-refractivity contribution in [3.8, 4) is 5.82 Å². The van der Waals surface area contributed by atoms with Crippen LogP contribution in [0, 0.1) is 10.1 Å². The normalized spacial score (nSPS) is 10.3. The molecule has 0 bridgehead atoms. The Bertz CT molecular complexity index is 681. The van der Waals surface area contributed by atoms with E-state index < -0.39 is 10.8 Å². The van der Waals surface area contributed by atoms with Gasteiger partial charge in [-0.05, 0) is 6.42 Å². The number of nitrogens with one attached hydrogen (secondary N) is 1. The van der Waals surface area contributed by atoms with Crippen LogP contribution in [0.15, 0.2) is 24.5 Å². The zero-order chi connectivity index (χ0) is 15.4. The van der Waals surface area contributed by atoms with Crippen molar-refractivity contribution in [3.63, 3.8) is 0 Å². The van der Waals surface area contributed by atoms with Crippen molar-refractivity contribution >= 4 is 17.4 Å². The molecule has 0 spiro atoms. The van der Waals surface area contributed by atoms with Crippen LogP contribution in [0.25, 0.3) is 5.82 Å². The van der Waals surface area contributed by atoms with Crippen LogP contribution in [-0.2, 0) is 0 Å². The molecule has 2 aromatic heterocycles. The minimum atomic E-state index is -0.629. The lowest BCUT2D eigenvalue weighted by molar-refractivity contribution is -0.384. The Morgan fingerprint density at radius 1 is 1.52 bits per heavy atom. The van der Waals surface area contributed by atoms with Gasteiger partial charge < -0.3 is 11.1 Å². The lowest BCUT2D eigenvalue weighted by Crippen LogP contribution is -2.10. The molecular formula is C12H14N6O3. The Balaban J connectivity index is 2.42. The molecule has 2 aromatic rings. The second kappa shape index (κ2) is 5.99. The molecule has 0 saturated carbocycles. The molecular weight excluding hydrogens is 276 g/mol. The van der Waals surface area contributed by atoms with E-state index in [-0.39, 0.29) is 17.1 Å². The average Bonchev–Trinajstić information content (AvgIpc) is 2.94. The number of anilines is 1. The first-order valence-electron chi connectivity index (χ1n) is 6.26. The monoisotopic (exact) mass is 290 g/mol. The Morgan fingerprint density at radius 2 is 2.29 bits per heavy atom. The van der Waals surface area contributed by atoms with Gasteiger partial charge in [0.1, 0.15) is 5.82 Å². The third kappa shape index (κ3) is 3.32. The first-order valence-corrected chi connectivity index (χ1v) is 6.26. The summed E-state index contributed by atoms with van der Waals surface area (Å²) in [5.41, 5.74) is 5.23. The van der Waals surface area contributed by atoms with Crippen molar-refractivity contribution < 1.29 is 9.72 Å². The van der Waals surface area contributed by atoms with E-state index in [9.17, 15) is 14.9 Å². The van der Waals surface area contributed by atoms with Crippen molar-refractivity contribution in [2.45, 2.75) is 13.3 Å². The van der Waals surface area contributed by atoms with Crippen molar-refractivity contribution in [1.82, 2.24) is 14.8 Å². The highest BCUT2D eigenvalue weighted by molar-refractivity contribution is 5.92. The summed E-state index contributed by atoms with van der Waals surface area (Å²) in [6.45, 7) is 2.61. The molecule has 9 heteroatoms. The fourth-order valence-corrected chi connectivity index (χ4v) is 1.64.